The highest BCUT2D eigenvalue weighted by Gasteiger charge is 2.07. The Morgan fingerprint density at radius 3 is 2.53 bits per heavy atom. The molecule has 3 N–H and O–H groups in total. The summed E-state index contributed by atoms with van der Waals surface area (Å²) in [6.45, 7) is 11.7. The molecule has 32 heavy (non-hydrogen) atoms. The average Bonchev–Trinajstić information content (AvgIpc) is 2.74. The largest absolute Gasteiger partial charge is 0.495 e. The van der Waals surface area contributed by atoms with Crippen LogP contribution >= 0.6 is 24.0 Å². The van der Waals surface area contributed by atoms with Gasteiger partial charge in [-0.2, -0.15) is 0 Å². The van der Waals surface area contributed by atoms with Crippen molar-refractivity contribution in [3.8, 4) is 5.75 Å². The number of nitrogens with zero attached hydrogens (tertiary/aromatic N) is 2. The zero-order valence-electron chi connectivity index (χ0n) is 19.7. The van der Waals surface area contributed by atoms with Crippen LogP contribution < -0.4 is 25.6 Å². The van der Waals surface area contributed by atoms with Crippen LogP contribution in [0.2, 0.25) is 0 Å². The van der Waals surface area contributed by atoms with E-state index in [-0.39, 0.29) is 29.9 Å². The van der Waals surface area contributed by atoms with E-state index in [1.807, 2.05) is 25.1 Å². The number of anilines is 2. The molecule has 2 rings (SSSR count). The predicted octanol–water partition coefficient (Wildman–Crippen LogP) is 4.16. The molecule has 0 spiro atoms. The molecule has 0 heterocycles. The molecule has 0 unspecified atom stereocenters. The highest BCUT2D eigenvalue weighted by Crippen LogP contribution is 2.25. The van der Waals surface area contributed by atoms with Gasteiger partial charge in [0.25, 0.3) is 0 Å². The van der Waals surface area contributed by atoms with Gasteiger partial charge in [-0.15, -0.1) is 24.0 Å². The molecule has 176 valence electrons. The topological polar surface area (TPSA) is 78.0 Å². The Morgan fingerprint density at radius 2 is 1.91 bits per heavy atom. The lowest BCUT2D eigenvalue weighted by Crippen LogP contribution is -2.41. The van der Waals surface area contributed by atoms with Crippen LogP contribution in [0.4, 0.5) is 11.4 Å². The minimum atomic E-state index is -0.136. The van der Waals surface area contributed by atoms with Crippen LogP contribution in [0.25, 0.3) is 0 Å². The van der Waals surface area contributed by atoms with E-state index >= 15 is 0 Å². The number of ether oxygens (including phenoxy) is 1. The van der Waals surface area contributed by atoms with E-state index in [0.717, 1.165) is 37.7 Å². The number of nitrogens with one attached hydrogen (secondary N) is 3. The lowest BCUT2D eigenvalue weighted by molar-refractivity contribution is -0.114. The van der Waals surface area contributed by atoms with E-state index in [4.69, 9.17) is 9.73 Å². The Morgan fingerprint density at radius 1 is 1.12 bits per heavy atom. The van der Waals surface area contributed by atoms with E-state index < -0.39 is 0 Å². The van der Waals surface area contributed by atoms with Crippen LogP contribution in [0.3, 0.4) is 0 Å². The van der Waals surface area contributed by atoms with E-state index in [1.165, 1.54) is 18.2 Å². The van der Waals surface area contributed by atoms with Gasteiger partial charge in [0.05, 0.1) is 19.3 Å². The monoisotopic (exact) mass is 553 g/mol. The van der Waals surface area contributed by atoms with Crippen LogP contribution in [0.5, 0.6) is 5.75 Å². The number of aliphatic imine (C=N–C) groups is 1. The summed E-state index contributed by atoms with van der Waals surface area (Å²) < 4.78 is 5.32. The first-order chi connectivity index (χ1) is 15.0. The number of methoxy groups -OCH3 is 1. The van der Waals surface area contributed by atoms with Gasteiger partial charge in [-0.1, -0.05) is 18.2 Å². The van der Waals surface area contributed by atoms with E-state index in [2.05, 4.69) is 59.0 Å². The summed E-state index contributed by atoms with van der Waals surface area (Å²) in [5.74, 6) is 1.26. The second-order valence-electron chi connectivity index (χ2n) is 7.26. The number of benzene rings is 2. The normalized spacial score (nSPS) is 10.7. The fourth-order valence-corrected chi connectivity index (χ4v) is 3.26. The molecule has 0 radical (unpaired) electrons. The summed E-state index contributed by atoms with van der Waals surface area (Å²) in [4.78, 5) is 18.5. The van der Waals surface area contributed by atoms with E-state index in [1.54, 1.807) is 7.11 Å². The molecular weight excluding hydrogens is 517 g/mol. The van der Waals surface area contributed by atoms with Crippen LogP contribution in [-0.4, -0.2) is 45.2 Å². The summed E-state index contributed by atoms with van der Waals surface area (Å²) in [5.41, 5.74) is 4.13. The summed E-state index contributed by atoms with van der Waals surface area (Å²) >= 11 is 0. The second-order valence-corrected chi connectivity index (χ2v) is 7.26. The molecule has 8 heteroatoms. The quantitative estimate of drug-likeness (QED) is 0.234. The number of aryl methyl sites for hydroxylation is 1. The molecule has 0 aliphatic rings. The van der Waals surface area contributed by atoms with Gasteiger partial charge in [0.2, 0.25) is 5.91 Å². The van der Waals surface area contributed by atoms with Gasteiger partial charge < -0.3 is 25.6 Å². The van der Waals surface area contributed by atoms with Crippen LogP contribution in [-0.2, 0) is 11.3 Å². The number of likely N-dealkylation sites (N-methyl/N-ethyl adjacent to an activating group) is 1. The zero-order chi connectivity index (χ0) is 22.6. The molecule has 0 atom stereocenters. The third-order valence-electron chi connectivity index (χ3n) is 4.76. The Labute approximate surface area is 209 Å². The Kier molecular flexibility index (Phi) is 12.5. The third-order valence-corrected chi connectivity index (χ3v) is 4.76. The van der Waals surface area contributed by atoms with Gasteiger partial charge in [0.1, 0.15) is 5.75 Å². The number of carbonyl (C=O) groups is 1. The molecule has 0 saturated heterocycles. The first-order valence-corrected chi connectivity index (χ1v) is 10.7. The third kappa shape index (κ3) is 8.94. The minimum Gasteiger partial charge on any atom is -0.495 e. The van der Waals surface area contributed by atoms with Crippen molar-refractivity contribution in [2.45, 2.75) is 34.2 Å². The van der Waals surface area contributed by atoms with Crippen LogP contribution in [0.1, 0.15) is 31.9 Å². The van der Waals surface area contributed by atoms with Gasteiger partial charge in [-0.05, 0) is 56.2 Å². The van der Waals surface area contributed by atoms with Crippen LogP contribution in [0, 0.1) is 6.92 Å². The Balaban J connectivity index is 0.00000512. The lowest BCUT2D eigenvalue weighted by atomic mass is 10.2. The first kappa shape index (κ1) is 27.5. The van der Waals surface area contributed by atoms with Gasteiger partial charge in [0, 0.05) is 38.8 Å². The summed E-state index contributed by atoms with van der Waals surface area (Å²) in [6, 6.07) is 14.2. The molecule has 0 aliphatic heterocycles. The average molecular weight is 553 g/mol. The van der Waals surface area contributed by atoms with Crippen molar-refractivity contribution >= 4 is 47.2 Å². The highest BCUT2D eigenvalue weighted by atomic mass is 127. The smallest absolute Gasteiger partial charge is 0.221 e. The van der Waals surface area contributed by atoms with Crippen LogP contribution in [0.15, 0.2) is 47.5 Å². The van der Waals surface area contributed by atoms with Crippen molar-refractivity contribution in [1.29, 1.82) is 0 Å². The summed E-state index contributed by atoms with van der Waals surface area (Å²) in [7, 11) is 1.59. The fourth-order valence-electron chi connectivity index (χ4n) is 3.26. The molecule has 0 saturated carbocycles. The van der Waals surface area contributed by atoms with E-state index in [0.29, 0.717) is 18.0 Å². The molecule has 7 nitrogen and oxygen atoms in total. The number of amides is 1. The maximum absolute atomic E-state index is 11.4. The zero-order valence-corrected chi connectivity index (χ0v) is 22.0. The number of rotatable bonds is 10. The lowest BCUT2D eigenvalue weighted by Gasteiger charge is -2.24. The molecule has 1 amide bonds. The van der Waals surface area contributed by atoms with Crippen molar-refractivity contribution in [2.75, 3.05) is 43.5 Å². The Hall–Kier alpha value is -2.49. The van der Waals surface area contributed by atoms with Gasteiger partial charge in [-0.3, -0.25) is 4.79 Å². The number of carbonyl (C=O) groups excluding carboxylic acids is 1. The van der Waals surface area contributed by atoms with Crippen molar-refractivity contribution in [2.24, 2.45) is 4.99 Å². The molecule has 0 aliphatic carbocycles. The summed E-state index contributed by atoms with van der Waals surface area (Å²) in [6.07, 6.45) is 0. The van der Waals surface area contributed by atoms with Crippen molar-refractivity contribution in [3.05, 3.63) is 53.6 Å². The SMILES string of the molecule is CCNC(=NCc1ccc(OC)c(NC(C)=O)c1)NCCN(CC)c1cccc(C)c1.I. The molecule has 0 bridgehead atoms. The second kappa shape index (κ2) is 14.5. The number of guanidine groups is 1. The molecular formula is C24H36IN5O2. The Bertz CT molecular complexity index is 888. The summed E-state index contributed by atoms with van der Waals surface area (Å²) in [5, 5.41) is 9.50. The van der Waals surface area contributed by atoms with Crippen molar-refractivity contribution < 1.29 is 9.53 Å². The predicted molar refractivity (Wildman–Crippen MR) is 145 cm³/mol. The van der Waals surface area contributed by atoms with Crippen molar-refractivity contribution in [1.82, 2.24) is 10.6 Å². The standard InChI is InChI=1S/C24H35N5O2.HI/c1-6-25-24(26-13-14-29(7-2)21-10-8-9-18(3)15-21)27-17-20-11-12-23(31-5)22(16-20)28-19(4)30;/h8-12,15-16H,6-7,13-14,17H2,1-5H3,(H,28,30)(H2,25,26,27);1H. The molecule has 0 fully saturated rings. The minimum absolute atomic E-state index is 0. The number of halogens is 1. The van der Waals surface area contributed by atoms with Gasteiger partial charge in [0.15, 0.2) is 5.96 Å². The number of hydrogen-bond acceptors (Lipinski definition) is 4. The van der Waals surface area contributed by atoms with Gasteiger partial charge >= 0.3 is 0 Å². The van der Waals surface area contributed by atoms with E-state index in [9.17, 15) is 4.79 Å². The van der Waals surface area contributed by atoms with Gasteiger partial charge in [-0.25, -0.2) is 4.99 Å². The van der Waals surface area contributed by atoms with Crippen molar-refractivity contribution in [3.63, 3.8) is 0 Å². The maximum Gasteiger partial charge on any atom is 0.221 e. The molecule has 2 aromatic rings. The number of hydrogen-bond donors (Lipinski definition) is 3. The highest BCUT2D eigenvalue weighted by molar-refractivity contribution is 14.0. The fraction of sp³-hybridized carbons (Fsp3) is 0.417. The molecule has 2 aromatic carbocycles. The molecule has 0 aromatic heterocycles. The first-order valence-electron chi connectivity index (χ1n) is 10.7. The maximum atomic E-state index is 11.4.